The molecule has 1 aliphatic heterocycles. The second-order valence-electron chi connectivity index (χ2n) is 5.14. The fraction of sp³-hybridized carbons (Fsp3) is 0.667. The van der Waals surface area contributed by atoms with Gasteiger partial charge in [0.05, 0.1) is 6.33 Å². The maximum Gasteiger partial charge on any atom is 0.276 e. The lowest BCUT2D eigenvalue weighted by Crippen LogP contribution is -2.40. The lowest BCUT2D eigenvalue weighted by Gasteiger charge is -2.26. The number of nitrogens with zero attached hydrogens (tertiary/aromatic N) is 2. The van der Waals surface area contributed by atoms with Crippen molar-refractivity contribution in [2.45, 2.75) is 37.8 Å². The Hall–Kier alpha value is -1.56. The van der Waals surface area contributed by atoms with E-state index < -0.39 is 0 Å². The zero-order valence-corrected chi connectivity index (χ0v) is 10.4. The third-order valence-electron chi connectivity index (χ3n) is 3.74. The van der Waals surface area contributed by atoms with Crippen LogP contribution in [0.1, 0.15) is 25.7 Å². The van der Waals surface area contributed by atoms with Gasteiger partial charge in [-0.3, -0.25) is 4.79 Å². The summed E-state index contributed by atoms with van der Waals surface area (Å²) in [4.78, 5) is 20.4. The Morgan fingerprint density at radius 2 is 2.33 bits per heavy atom. The quantitative estimate of drug-likeness (QED) is 0.703. The molecule has 98 valence electrons. The van der Waals surface area contributed by atoms with Crippen molar-refractivity contribution in [1.82, 2.24) is 15.3 Å². The van der Waals surface area contributed by atoms with Gasteiger partial charge < -0.3 is 20.9 Å². The highest BCUT2D eigenvalue weighted by Crippen LogP contribution is 2.27. The number of nitrogens with two attached hydrogens (primary N) is 1. The Kier molecular flexibility index (Phi) is 2.95. The molecule has 0 bridgehead atoms. The van der Waals surface area contributed by atoms with Crippen LogP contribution in [-0.2, 0) is 0 Å². The van der Waals surface area contributed by atoms with E-state index in [1.165, 1.54) is 19.2 Å². The zero-order valence-electron chi connectivity index (χ0n) is 10.4. The van der Waals surface area contributed by atoms with Crippen molar-refractivity contribution in [3.05, 3.63) is 16.7 Å². The molecule has 18 heavy (non-hydrogen) atoms. The molecule has 0 amide bonds. The van der Waals surface area contributed by atoms with E-state index >= 15 is 0 Å². The second-order valence-corrected chi connectivity index (χ2v) is 5.14. The molecule has 2 aliphatic rings. The Labute approximate surface area is 106 Å². The van der Waals surface area contributed by atoms with Crippen LogP contribution in [0.4, 0.5) is 11.5 Å². The van der Waals surface area contributed by atoms with Gasteiger partial charge in [0.1, 0.15) is 5.69 Å². The van der Waals surface area contributed by atoms with Gasteiger partial charge in [0.15, 0.2) is 5.82 Å². The molecule has 1 atom stereocenters. The maximum atomic E-state index is 11.5. The Balaban J connectivity index is 1.76. The topological polar surface area (TPSA) is 87.0 Å². The molecule has 0 spiro atoms. The summed E-state index contributed by atoms with van der Waals surface area (Å²) in [6.45, 7) is 1.89. The van der Waals surface area contributed by atoms with Crippen molar-refractivity contribution in [3.63, 3.8) is 0 Å². The lowest BCUT2D eigenvalue weighted by atomic mass is 10.2. The minimum absolute atomic E-state index is 0.232. The van der Waals surface area contributed by atoms with Crippen molar-refractivity contribution in [3.8, 4) is 0 Å². The van der Waals surface area contributed by atoms with Crippen LogP contribution >= 0.6 is 0 Å². The SMILES string of the molecule is Nc1c(N2CCCC2CNC2CC2)nc[nH]c1=O. The standard InChI is InChI=1S/C12H19N5O/c13-10-11(15-7-16-12(10)18)17-5-1-2-9(17)6-14-8-3-4-8/h7-9,14H,1-6,13H2,(H,15,16,18). The normalized spacial score (nSPS) is 23.6. The highest BCUT2D eigenvalue weighted by Gasteiger charge is 2.29. The van der Waals surface area contributed by atoms with Crippen molar-refractivity contribution in [2.75, 3.05) is 23.7 Å². The molecule has 0 aromatic carbocycles. The smallest absolute Gasteiger partial charge is 0.276 e. The summed E-state index contributed by atoms with van der Waals surface area (Å²) in [5.41, 5.74) is 5.81. The molecule has 2 fully saturated rings. The van der Waals surface area contributed by atoms with Crippen LogP contribution in [0.5, 0.6) is 0 Å². The Morgan fingerprint density at radius 1 is 1.50 bits per heavy atom. The minimum atomic E-state index is -0.249. The lowest BCUT2D eigenvalue weighted by molar-refractivity contribution is 0.568. The number of aromatic nitrogens is 2. The predicted octanol–water partition coefficient (Wildman–Crippen LogP) is 0.0729. The largest absolute Gasteiger partial charge is 0.391 e. The number of hydrogen-bond acceptors (Lipinski definition) is 5. The van der Waals surface area contributed by atoms with E-state index in [-0.39, 0.29) is 11.2 Å². The maximum absolute atomic E-state index is 11.5. The van der Waals surface area contributed by atoms with Crippen molar-refractivity contribution in [1.29, 1.82) is 0 Å². The van der Waals surface area contributed by atoms with E-state index in [0.717, 1.165) is 25.9 Å². The number of H-pyrrole nitrogens is 1. The third-order valence-corrected chi connectivity index (χ3v) is 3.74. The molecule has 4 N–H and O–H groups in total. The van der Waals surface area contributed by atoms with Crippen LogP contribution in [0.3, 0.4) is 0 Å². The molecule has 3 rings (SSSR count). The molecule has 1 saturated heterocycles. The van der Waals surface area contributed by atoms with Gasteiger partial charge >= 0.3 is 0 Å². The molecule has 1 aromatic heterocycles. The van der Waals surface area contributed by atoms with Crippen LogP contribution in [-0.4, -0.2) is 35.1 Å². The van der Waals surface area contributed by atoms with Gasteiger partial charge in [-0.1, -0.05) is 0 Å². The third kappa shape index (κ3) is 2.20. The molecule has 2 heterocycles. The van der Waals surface area contributed by atoms with Gasteiger partial charge in [-0.25, -0.2) is 4.98 Å². The summed E-state index contributed by atoms with van der Waals surface area (Å²) in [7, 11) is 0. The van der Waals surface area contributed by atoms with Gasteiger partial charge in [-0.15, -0.1) is 0 Å². The number of anilines is 2. The number of nitrogens with one attached hydrogen (secondary N) is 2. The monoisotopic (exact) mass is 249 g/mol. The number of nitrogen functional groups attached to an aromatic ring is 1. The first-order valence-corrected chi connectivity index (χ1v) is 6.59. The van der Waals surface area contributed by atoms with Crippen LogP contribution < -0.4 is 21.5 Å². The van der Waals surface area contributed by atoms with Crippen molar-refractivity contribution < 1.29 is 0 Å². The van der Waals surface area contributed by atoms with Gasteiger partial charge in [0.25, 0.3) is 5.56 Å². The number of aromatic amines is 1. The first-order valence-electron chi connectivity index (χ1n) is 6.59. The fourth-order valence-electron chi connectivity index (χ4n) is 2.55. The molecule has 1 aliphatic carbocycles. The van der Waals surface area contributed by atoms with Gasteiger partial charge in [0.2, 0.25) is 0 Å². The molecule has 0 radical (unpaired) electrons. The van der Waals surface area contributed by atoms with Gasteiger partial charge in [-0.05, 0) is 25.7 Å². The summed E-state index contributed by atoms with van der Waals surface area (Å²) >= 11 is 0. The highest BCUT2D eigenvalue weighted by atomic mass is 16.1. The predicted molar refractivity (Wildman–Crippen MR) is 70.7 cm³/mol. The summed E-state index contributed by atoms with van der Waals surface area (Å²) in [5.74, 6) is 0.638. The average Bonchev–Trinajstić information content (AvgIpc) is 3.08. The highest BCUT2D eigenvalue weighted by molar-refractivity contribution is 5.61. The molecular weight excluding hydrogens is 230 g/mol. The summed E-state index contributed by atoms with van der Waals surface area (Å²) in [5, 5.41) is 3.54. The number of rotatable bonds is 4. The fourth-order valence-corrected chi connectivity index (χ4v) is 2.55. The first kappa shape index (κ1) is 11.5. The van der Waals surface area contributed by atoms with E-state index in [0.29, 0.717) is 17.9 Å². The van der Waals surface area contributed by atoms with E-state index in [4.69, 9.17) is 5.73 Å². The zero-order chi connectivity index (χ0) is 12.5. The minimum Gasteiger partial charge on any atom is -0.391 e. The number of hydrogen-bond donors (Lipinski definition) is 3. The second kappa shape index (κ2) is 4.61. The van der Waals surface area contributed by atoms with Crippen LogP contribution in [0, 0.1) is 0 Å². The van der Waals surface area contributed by atoms with Crippen LogP contribution in [0.2, 0.25) is 0 Å². The Bertz CT molecular complexity index is 482. The van der Waals surface area contributed by atoms with Crippen molar-refractivity contribution >= 4 is 11.5 Å². The summed E-state index contributed by atoms with van der Waals surface area (Å²) in [6, 6.07) is 1.11. The molecular formula is C12H19N5O. The van der Waals surface area contributed by atoms with Crippen LogP contribution in [0.25, 0.3) is 0 Å². The van der Waals surface area contributed by atoms with E-state index in [2.05, 4.69) is 20.2 Å². The van der Waals surface area contributed by atoms with E-state index in [9.17, 15) is 4.79 Å². The van der Waals surface area contributed by atoms with Gasteiger partial charge in [0, 0.05) is 25.2 Å². The van der Waals surface area contributed by atoms with E-state index in [1.807, 2.05) is 0 Å². The Morgan fingerprint density at radius 3 is 3.11 bits per heavy atom. The summed E-state index contributed by atoms with van der Waals surface area (Å²) in [6.07, 6.45) is 6.27. The van der Waals surface area contributed by atoms with E-state index in [1.54, 1.807) is 0 Å². The molecule has 1 aromatic rings. The molecule has 1 unspecified atom stereocenters. The first-order chi connectivity index (χ1) is 8.75. The average molecular weight is 249 g/mol. The van der Waals surface area contributed by atoms with Crippen LogP contribution in [0.15, 0.2) is 11.1 Å². The molecule has 1 saturated carbocycles. The summed E-state index contributed by atoms with van der Waals surface area (Å²) < 4.78 is 0. The molecule has 6 nitrogen and oxygen atoms in total. The van der Waals surface area contributed by atoms with Gasteiger partial charge in [-0.2, -0.15) is 0 Å². The molecule has 6 heteroatoms. The van der Waals surface area contributed by atoms with Crippen molar-refractivity contribution in [2.24, 2.45) is 0 Å².